The van der Waals surface area contributed by atoms with E-state index in [4.69, 9.17) is 4.74 Å². The van der Waals surface area contributed by atoms with Gasteiger partial charge in [-0.15, -0.1) is 0 Å². The Morgan fingerprint density at radius 1 is 0.821 bits per heavy atom. The van der Waals surface area contributed by atoms with Gasteiger partial charge in [0.25, 0.3) is 11.8 Å². The van der Waals surface area contributed by atoms with Crippen LogP contribution in [0.2, 0.25) is 0 Å². The zero-order valence-corrected chi connectivity index (χ0v) is 22.1. The lowest BCUT2D eigenvalue weighted by Crippen LogP contribution is -2.43. The van der Waals surface area contributed by atoms with Gasteiger partial charge in [0.15, 0.2) is 0 Å². The fourth-order valence-corrected chi connectivity index (χ4v) is 6.58. The minimum atomic E-state index is -0.347. The molecule has 7 rings (SSSR count). The number of amides is 2. The van der Waals surface area contributed by atoms with Crippen LogP contribution < -0.4 is 10.6 Å². The normalized spacial score (nSPS) is 20.2. The van der Waals surface area contributed by atoms with Crippen LogP contribution in [0.15, 0.2) is 59.4 Å². The molecule has 8 heteroatoms. The molecule has 0 saturated carbocycles. The van der Waals surface area contributed by atoms with E-state index in [-0.39, 0.29) is 17.5 Å². The number of carbonyl (C=O) groups is 2. The van der Waals surface area contributed by atoms with Crippen molar-refractivity contribution in [3.05, 3.63) is 81.8 Å². The first kappa shape index (κ1) is 24.1. The number of imide groups is 1. The van der Waals surface area contributed by atoms with Gasteiger partial charge in [0.1, 0.15) is 0 Å². The molecule has 8 nitrogen and oxygen atoms in total. The van der Waals surface area contributed by atoms with Crippen LogP contribution in [0.1, 0.15) is 45.5 Å². The Bertz CT molecular complexity index is 1750. The molecule has 2 amide bonds. The molecule has 0 spiro atoms. The van der Waals surface area contributed by atoms with Gasteiger partial charge in [-0.1, -0.05) is 24.3 Å². The van der Waals surface area contributed by atoms with E-state index in [1.165, 1.54) is 15.0 Å². The summed E-state index contributed by atoms with van der Waals surface area (Å²) in [5.41, 5.74) is 5.13. The summed E-state index contributed by atoms with van der Waals surface area (Å²) in [4.78, 5) is 43.8. The van der Waals surface area contributed by atoms with Crippen molar-refractivity contribution in [1.82, 2.24) is 14.0 Å². The Hall–Kier alpha value is -4.01. The number of morpholine rings is 1. The Kier molecular flexibility index (Phi) is 5.57. The molecule has 198 valence electrons. The highest BCUT2D eigenvalue weighted by Gasteiger charge is 2.35. The topological polar surface area (TPSA) is 76.8 Å². The Morgan fingerprint density at radius 3 is 2.28 bits per heavy atom. The fraction of sp³-hybridized carbons (Fsp3) is 0.323. The lowest BCUT2D eigenvalue weighted by molar-refractivity contribution is 0.0150. The van der Waals surface area contributed by atoms with Crippen molar-refractivity contribution in [2.24, 2.45) is 14.1 Å². The molecule has 0 bridgehead atoms. The summed E-state index contributed by atoms with van der Waals surface area (Å²) >= 11 is 0. The van der Waals surface area contributed by atoms with Gasteiger partial charge in [0, 0.05) is 49.7 Å². The molecule has 3 heterocycles. The van der Waals surface area contributed by atoms with Crippen LogP contribution in [0.5, 0.6) is 0 Å². The largest absolute Gasteiger partial charge is 0.379 e. The van der Waals surface area contributed by atoms with Gasteiger partial charge < -0.3 is 4.74 Å². The molecule has 1 aliphatic carbocycles. The van der Waals surface area contributed by atoms with Crippen molar-refractivity contribution in [3.63, 3.8) is 0 Å². The van der Waals surface area contributed by atoms with Crippen LogP contribution in [0, 0.1) is 0 Å². The number of benzene rings is 3. The van der Waals surface area contributed by atoms with E-state index in [9.17, 15) is 14.4 Å². The molecule has 1 saturated heterocycles. The second-order valence-electron chi connectivity index (χ2n) is 10.7. The van der Waals surface area contributed by atoms with Gasteiger partial charge >= 0.3 is 5.69 Å². The molecular formula is C31H30N4O4. The zero-order chi connectivity index (χ0) is 26.8. The first-order valence-corrected chi connectivity index (χ1v) is 13.5. The third-order valence-electron chi connectivity index (χ3n) is 8.71. The van der Waals surface area contributed by atoms with Crippen molar-refractivity contribution in [3.8, 4) is 0 Å². The quantitative estimate of drug-likeness (QED) is 0.379. The maximum absolute atomic E-state index is 13.8. The summed E-state index contributed by atoms with van der Waals surface area (Å²) in [7, 11) is 3.40. The second-order valence-corrected chi connectivity index (χ2v) is 10.7. The number of carbonyl (C=O) groups excluding carboxylic acids is 2. The van der Waals surface area contributed by atoms with E-state index in [0.717, 1.165) is 67.4 Å². The van der Waals surface area contributed by atoms with E-state index >= 15 is 0 Å². The number of hydrogen-bond acceptors (Lipinski definition) is 5. The molecule has 2 aliphatic heterocycles. The van der Waals surface area contributed by atoms with Crippen molar-refractivity contribution in [2.75, 3.05) is 31.2 Å². The standard InChI is InChI=1S/C31H30N4O4/c1-32-26-13-10-21(18-27(26)33(2)31(32)38)35-29(36)24-5-3-4-23-22(11-12-25(28(23)24)30(35)37)19-6-8-20(9-7-19)34-14-16-39-17-15-34/h3-6,10-13,18,20H,7-9,14-17H2,1-2H3. The fourth-order valence-electron chi connectivity index (χ4n) is 6.58. The molecule has 3 aromatic carbocycles. The van der Waals surface area contributed by atoms with Gasteiger partial charge in [-0.05, 0) is 66.1 Å². The number of imidazole rings is 1. The summed E-state index contributed by atoms with van der Waals surface area (Å²) in [6.07, 6.45) is 5.38. The molecule has 39 heavy (non-hydrogen) atoms. The molecule has 1 unspecified atom stereocenters. The van der Waals surface area contributed by atoms with Crippen molar-refractivity contribution in [2.45, 2.75) is 25.3 Å². The van der Waals surface area contributed by atoms with Crippen molar-refractivity contribution < 1.29 is 14.3 Å². The predicted octanol–water partition coefficient (Wildman–Crippen LogP) is 4.10. The van der Waals surface area contributed by atoms with Crippen LogP contribution >= 0.6 is 0 Å². The molecule has 0 radical (unpaired) electrons. The zero-order valence-electron chi connectivity index (χ0n) is 22.1. The molecule has 1 atom stereocenters. The lowest BCUT2D eigenvalue weighted by Gasteiger charge is -2.36. The average molecular weight is 523 g/mol. The molecule has 4 aromatic rings. The number of aryl methyl sites for hydroxylation is 2. The van der Waals surface area contributed by atoms with E-state index in [1.807, 2.05) is 24.3 Å². The molecule has 1 fully saturated rings. The summed E-state index contributed by atoms with van der Waals surface area (Å²) in [5, 5.41) is 1.67. The van der Waals surface area contributed by atoms with Crippen LogP contribution in [-0.4, -0.2) is 58.2 Å². The Balaban J connectivity index is 1.27. The third kappa shape index (κ3) is 3.62. The number of ether oxygens (including phenoxy) is 1. The first-order chi connectivity index (χ1) is 18.9. The Morgan fingerprint density at radius 2 is 1.54 bits per heavy atom. The van der Waals surface area contributed by atoms with Crippen molar-refractivity contribution >= 4 is 44.9 Å². The Labute approximate surface area is 225 Å². The predicted molar refractivity (Wildman–Crippen MR) is 151 cm³/mol. The number of anilines is 1. The highest BCUT2D eigenvalue weighted by Crippen LogP contribution is 2.39. The number of aromatic nitrogens is 2. The van der Waals surface area contributed by atoms with Gasteiger partial charge in [-0.2, -0.15) is 0 Å². The highest BCUT2D eigenvalue weighted by molar-refractivity contribution is 6.36. The van der Waals surface area contributed by atoms with Crippen LogP contribution in [0.4, 0.5) is 5.69 Å². The summed E-state index contributed by atoms with van der Waals surface area (Å²) < 4.78 is 8.60. The van der Waals surface area contributed by atoms with Gasteiger partial charge in [-0.3, -0.25) is 23.6 Å². The second kappa shape index (κ2) is 9.03. The van der Waals surface area contributed by atoms with Gasteiger partial charge in [0.05, 0.1) is 29.9 Å². The van der Waals surface area contributed by atoms with Crippen molar-refractivity contribution in [1.29, 1.82) is 0 Å². The average Bonchev–Trinajstić information content (AvgIpc) is 3.19. The minimum absolute atomic E-state index is 0.158. The number of nitrogens with zero attached hydrogens (tertiary/aromatic N) is 4. The van der Waals surface area contributed by atoms with Crippen LogP contribution in [0.3, 0.4) is 0 Å². The molecule has 1 aromatic heterocycles. The van der Waals surface area contributed by atoms with E-state index in [0.29, 0.717) is 28.4 Å². The molecular weight excluding hydrogens is 492 g/mol. The SMILES string of the molecule is Cn1c(=O)n(C)c2cc(N3C(=O)c4cccc5c(C6=CCC(N7CCOCC7)CC6)ccc(c45)C3=O)ccc21. The van der Waals surface area contributed by atoms with Gasteiger partial charge in [0.2, 0.25) is 0 Å². The number of rotatable bonds is 3. The summed E-state index contributed by atoms with van der Waals surface area (Å²) in [6.45, 7) is 3.59. The van der Waals surface area contributed by atoms with E-state index in [2.05, 4.69) is 11.0 Å². The van der Waals surface area contributed by atoms with Crippen LogP contribution in [0.25, 0.3) is 27.4 Å². The third-order valence-corrected chi connectivity index (χ3v) is 8.71. The van der Waals surface area contributed by atoms with E-state index < -0.39 is 0 Å². The number of allylic oxidation sites excluding steroid dienone is 1. The first-order valence-electron chi connectivity index (χ1n) is 13.5. The number of hydrogen-bond donors (Lipinski definition) is 0. The van der Waals surface area contributed by atoms with E-state index in [1.54, 1.807) is 42.9 Å². The summed E-state index contributed by atoms with van der Waals surface area (Å²) in [5.74, 6) is -0.693. The monoisotopic (exact) mass is 522 g/mol. The maximum Gasteiger partial charge on any atom is 0.328 e. The molecule has 0 N–H and O–H groups in total. The van der Waals surface area contributed by atoms with Gasteiger partial charge in [-0.25, -0.2) is 9.69 Å². The smallest absolute Gasteiger partial charge is 0.328 e. The maximum atomic E-state index is 13.8. The minimum Gasteiger partial charge on any atom is -0.379 e. The summed E-state index contributed by atoms with van der Waals surface area (Å²) in [6, 6.07) is 15.4. The van der Waals surface area contributed by atoms with Crippen LogP contribution in [-0.2, 0) is 18.8 Å². The molecule has 3 aliphatic rings. The lowest BCUT2D eigenvalue weighted by atomic mass is 9.84. The number of fused-ring (bicyclic) bond motifs is 1. The highest BCUT2D eigenvalue weighted by atomic mass is 16.5.